The van der Waals surface area contributed by atoms with Gasteiger partial charge in [0.2, 0.25) is 15.9 Å². The average Bonchev–Trinajstić information content (AvgIpc) is 3.18. The smallest absolute Gasteiger partial charge is 0.257 e. The molecule has 3 aromatic rings. The molecule has 120 valence electrons. The predicted molar refractivity (Wildman–Crippen MR) is 82.8 cm³/mol. The standard InChI is InChI=1S/C14H12FN3O3S2/c1-9-7-10(4-5-11(9)15)23(19,20)16-8-13-17-18-14(21-13)12-3-2-6-22-12/h2-7,16H,8H2,1H3. The molecule has 2 aromatic heterocycles. The molecule has 23 heavy (non-hydrogen) atoms. The van der Waals surface area contributed by atoms with E-state index in [9.17, 15) is 12.8 Å². The minimum absolute atomic E-state index is 0.0191. The SMILES string of the molecule is Cc1cc(S(=O)(=O)NCc2nnc(-c3cccs3)o2)ccc1F. The maximum absolute atomic E-state index is 13.2. The summed E-state index contributed by atoms with van der Waals surface area (Å²) in [4.78, 5) is 0.787. The number of benzene rings is 1. The van der Waals surface area contributed by atoms with E-state index in [1.807, 2.05) is 17.5 Å². The van der Waals surface area contributed by atoms with Gasteiger partial charge in [0.25, 0.3) is 5.89 Å². The summed E-state index contributed by atoms with van der Waals surface area (Å²) >= 11 is 1.44. The Bertz CT molecular complexity index is 921. The fourth-order valence-electron chi connectivity index (χ4n) is 1.85. The van der Waals surface area contributed by atoms with E-state index in [1.165, 1.54) is 30.4 Å². The molecule has 0 saturated heterocycles. The molecule has 0 amide bonds. The number of hydrogen-bond acceptors (Lipinski definition) is 6. The van der Waals surface area contributed by atoms with Crippen LogP contribution in [0.15, 0.2) is 45.0 Å². The van der Waals surface area contributed by atoms with Crippen molar-refractivity contribution in [1.29, 1.82) is 0 Å². The summed E-state index contributed by atoms with van der Waals surface area (Å²) < 4.78 is 45.4. The van der Waals surface area contributed by atoms with E-state index in [0.29, 0.717) is 5.89 Å². The van der Waals surface area contributed by atoms with Crippen LogP contribution in [0.25, 0.3) is 10.8 Å². The van der Waals surface area contributed by atoms with E-state index < -0.39 is 15.8 Å². The second-order valence-corrected chi connectivity index (χ2v) is 7.43. The molecule has 0 unspecified atom stereocenters. The molecule has 9 heteroatoms. The molecule has 0 bridgehead atoms. The van der Waals surface area contributed by atoms with Crippen molar-refractivity contribution in [3.63, 3.8) is 0 Å². The molecule has 0 aliphatic rings. The molecule has 1 N–H and O–H groups in total. The first kappa shape index (κ1) is 15.8. The lowest BCUT2D eigenvalue weighted by atomic mass is 10.2. The minimum atomic E-state index is -3.78. The first-order valence-corrected chi connectivity index (χ1v) is 8.94. The van der Waals surface area contributed by atoms with Crippen LogP contribution in [0.3, 0.4) is 0 Å². The van der Waals surface area contributed by atoms with Crippen LogP contribution >= 0.6 is 11.3 Å². The van der Waals surface area contributed by atoms with Crippen LogP contribution in [0.1, 0.15) is 11.5 Å². The Hall–Kier alpha value is -2.10. The molecule has 0 fully saturated rings. The summed E-state index contributed by atoms with van der Waals surface area (Å²) in [5.41, 5.74) is 0.255. The fraction of sp³-hybridized carbons (Fsp3) is 0.143. The van der Waals surface area contributed by atoms with Crippen LogP contribution in [0.5, 0.6) is 0 Å². The first-order valence-electron chi connectivity index (χ1n) is 6.58. The molecule has 1 aromatic carbocycles. The van der Waals surface area contributed by atoms with Crippen molar-refractivity contribution in [3.8, 4) is 10.8 Å². The van der Waals surface area contributed by atoms with Gasteiger partial charge in [-0.2, -0.15) is 0 Å². The van der Waals surface area contributed by atoms with E-state index in [2.05, 4.69) is 14.9 Å². The van der Waals surface area contributed by atoms with Gasteiger partial charge >= 0.3 is 0 Å². The molecular formula is C14H12FN3O3S2. The molecule has 0 saturated carbocycles. The summed E-state index contributed by atoms with van der Waals surface area (Å²) in [6.45, 7) is 1.36. The number of thiophene rings is 1. The van der Waals surface area contributed by atoms with Crippen LogP contribution in [0, 0.1) is 12.7 Å². The Morgan fingerprint density at radius 3 is 2.83 bits per heavy atom. The number of halogens is 1. The van der Waals surface area contributed by atoms with Gasteiger partial charge < -0.3 is 4.42 Å². The maximum Gasteiger partial charge on any atom is 0.257 e. The highest BCUT2D eigenvalue weighted by atomic mass is 32.2. The van der Waals surface area contributed by atoms with E-state index in [0.717, 1.165) is 10.9 Å². The van der Waals surface area contributed by atoms with Gasteiger partial charge in [-0.1, -0.05) is 6.07 Å². The monoisotopic (exact) mass is 353 g/mol. The Labute approximate surface area is 136 Å². The zero-order valence-electron chi connectivity index (χ0n) is 12.0. The number of hydrogen-bond donors (Lipinski definition) is 1. The molecule has 0 spiro atoms. The molecule has 0 atom stereocenters. The highest BCUT2D eigenvalue weighted by molar-refractivity contribution is 7.89. The van der Waals surface area contributed by atoms with Gasteiger partial charge in [0.15, 0.2) is 0 Å². The number of sulfonamides is 1. The lowest BCUT2D eigenvalue weighted by Gasteiger charge is -2.06. The Morgan fingerprint density at radius 2 is 2.13 bits per heavy atom. The lowest BCUT2D eigenvalue weighted by molar-refractivity contribution is 0.495. The topological polar surface area (TPSA) is 85.1 Å². The van der Waals surface area contributed by atoms with Gasteiger partial charge in [-0.05, 0) is 42.1 Å². The van der Waals surface area contributed by atoms with Crippen molar-refractivity contribution in [2.24, 2.45) is 0 Å². The van der Waals surface area contributed by atoms with Crippen molar-refractivity contribution in [1.82, 2.24) is 14.9 Å². The molecule has 0 radical (unpaired) electrons. The number of aromatic nitrogens is 2. The second-order valence-electron chi connectivity index (χ2n) is 4.71. The van der Waals surface area contributed by atoms with Gasteiger partial charge in [0.05, 0.1) is 16.3 Å². The van der Waals surface area contributed by atoms with Crippen molar-refractivity contribution in [2.45, 2.75) is 18.4 Å². The quantitative estimate of drug-likeness (QED) is 0.762. The summed E-state index contributed by atoms with van der Waals surface area (Å²) in [6.07, 6.45) is 0. The molecular weight excluding hydrogens is 341 g/mol. The Kier molecular flexibility index (Phi) is 4.24. The summed E-state index contributed by atoms with van der Waals surface area (Å²) in [5, 5.41) is 9.54. The number of nitrogens with one attached hydrogen (secondary N) is 1. The van der Waals surface area contributed by atoms with E-state index in [4.69, 9.17) is 4.42 Å². The van der Waals surface area contributed by atoms with Crippen molar-refractivity contribution in [2.75, 3.05) is 0 Å². The summed E-state index contributed by atoms with van der Waals surface area (Å²) in [7, 11) is -3.78. The van der Waals surface area contributed by atoms with E-state index >= 15 is 0 Å². The van der Waals surface area contributed by atoms with Crippen LogP contribution in [0.4, 0.5) is 4.39 Å². The Balaban J connectivity index is 1.73. The molecule has 0 aliphatic heterocycles. The van der Waals surface area contributed by atoms with E-state index in [1.54, 1.807) is 0 Å². The number of rotatable bonds is 5. The highest BCUT2D eigenvalue weighted by Gasteiger charge is 2.17. The maximum atomic E-state index is 13.2. The zero-order chi connectivity index (χ0) is 16.4. The van der Waals surface area contributed by atoms with Gasteiger partial charge in [0.1, 0.15) is 5.82 Å². The van der Waals surface area contributed by atoms with Crippen molar-refractivity contribution >= 4 is 21.4 Å². The van der Waals surface area contributed by atoms with Gasteiger partial charge in [-0.15, -0.1) is 21.5 Å². The van der Waals surface area contributed by atoms with Gasteiger partial charge in [-0.25, -0.2) is 17.5 Å². The summed E-state index contributed by atoms with van der Waals surface area (Å²) in [5.74, 6) is 0.0316. The fourth-order valence-corrected chi connectivity index (χ4v) is 3.55. The highest BCUT2D eigenvalue weighted by Crippen LogP contribution is 2.23. The lowest BCUT2D eigenvalue weighted by Crippen LogP contribution is -2.23. The van der Waals surface area contributed by atoms with Gasteiger partial charge in [-0.3, -0.25) is 0 Å². The first-order chi connectivity index (χ1) is 11.0. The summed E-state index contributed by atoms with van der Waals surface area (Å²) in [6, 6.07) is 7.26. The minimum Gasteiger partial charge on any atom is -0.418 e. The Morgan fingerprint density at radius 1 is 1.30 bits per heavy atom. The molecule has 0 aliphatic carbocycles. The second kappa shape index (κ2) is 6.19. The third-order valence-electron chi connectivity index (χ3n) is 3.05. The third-order valence-corrected chi connectivity index (χ3v) is 5.31. The van der Waals surface area contributed by atoms with Crippen molar-refractivity contribution < 1.29 is 17.2 Å². The largest absolute Gasteiger partial charge is 0.418 e. The van der Waals surface area contributed by atoms with Gasteiger partial charge in [0, 0.05) is 0 Å². The molecule has 6 nitrogen and oxygen atoms in total. The van der Waals surface area contributed by atoms with Crippen LogP contribution < -0.4 is 4.72 Å². The average molecular weight is 353 g/mol. The zero-order valence-corrected chi connectivity index (χ0v) is 13.6. The number of nitrogens with zero attached hydrogens (tertiary/aromatic N) is 2. The van der Waals surface area contributed by atoms with E-state index in [-0.39, 0.29) is 22.9 Å². The molecule has 2 heterocycles. The normalized spacial score (nSPS) is 11.7. The predicted octanol–water partition coefficient (Wildman–Crippen LogP) is 2.72. The van der Waals surface area contributed by atoms with Crippen LogP contribution in [-0.4, -0.2) is 18.6 Å². The van der Waals surface area contributed by atoms with Crippen LogP contribution in [0.2, 0.25) is 0 Å². The number of aryl methyl sites for hydroxylation is 1. The molecule has 3 rings (SSSR count). The van der Waals surface area contributed by atoms with Crippen LogP contribution in [-0.2, 0) is 16.6 Å². The van der Waals surface area contributed by atoms with Crippen molar-refractivity contribution in [3.05, 3.63) is 53.0 Å². The third kappa shape index (κ3) is 3.46.